The number of benzene rings is 1. The zero-order valence-electron chi connectivity index (χ0n) is 12.0. The molecule has 2 aromatic rings. The van der Waals surface area contributed by atoms with E-state index in [4.69, 9.17) is 10.5 Å². The first-order chi connectivity index (χ1) is 9.08. The molecule has 1 aromatic heterocycles. The number of aromatic nitrogens is 2. The van der Waals surface area contributed by atoms with Crippen LogP contribution >= 0.6 is 0 Å². The lowest BCUT2D eigenvalue weighted by Gasteiger charge is -2.09. The van der Waals surface area contributed by atoms with Crippen molar-refractivity contribution in [1.82, 2.24) is 9.55 Å². The minimum atomic E-state index is 0.307. The predicted molar refractivity (Wildman–Crippen MR) is 79.2 cm³/mol. The van der Waals surface area contributed by atoms with Gasteiger partial charge < -0.3 is 15.0 Å². The fourth-order valence-electron chi connectivity index (χ4n) is 2.18. The molecular weight excluding hydrogens is 238 g/mol. The van der Waals surface area contributed by atoms with E-state index in [-0.39, 0.29) is 0 Å². The minimum absolute atomic E-state index is 0.307. The highest BCUT2D eigenvalue weighted by atomic mass is 16.5. The molecule has 19 heavy (non-hydrogen) atoms. The van der Waals surface area contributed by atoms with Crippen molar-refractivity contribution >= 4 is 17.0 Å². The summed E-state index contributed by atoms with van der Waals surface area (Å²) in [6.07, 6.45) is 2.40. The quantitative estimate of drug-likeness (QED) is 0.813. The van der Waals surface area contributed by atoms with Crippen LogP contribution in [0.25, 0.3) is 11.0 Å². The Kier molecular flexibility index (Phi) is 4.43. The average Bonchev–Trinajstić information content (AvgIpc) is 2.65. The first-order valence-corrected chi connectivity index (χ1v) is 6.92. The molecule has 0 aliphatic rings. The third-order valence-electron chi connectivity index (χ3n) is 3.16. The molecule has 0 saturated carbocycles. The summed E-state index contributed by atoms with van der Waals surface area (Å²) in [6.45, 7) is 7.91. The van der Waals surface area contributed by atoms with Gasteiger partial charge in [-0.1, -0.05) is 6.07 Å². The van der Waals surface area contributed by atoms with Crippen molar-refractivity contribution in [3.05, 3.63) is 23.8 Å². The van der Waals surface area contributed by atoms with Crippen LogP contribution in [0.5, 0.6) is 0 Å². The molecule has 0 unspecified atom stereocenters. The van der Waals surface area contributed by atoms with E-state index in [1.54, 1.807) is 0 Å². The number of nitrogen functional groups attached to an aromatic ring is 1. The molecule has 2 rings (SSSR count). The maximum absolute atomic E-state index is 5.99. The molecule has 4 nitrogen and oxygen atoms in total. The molecular formula is C15H23N3O. The minimum Gasteiger partial charge on any atom is -0.379 e. The molecule has 2 N–H and O–H groups in total. The number of anilines is 1. The van der Waals surface area contributed by atoms with E-state index in [0.29, 0.717) is 12.1 Å². The van der Waals surface area contributed by atoms with Crippen molar-refractivity contribution in [2.24, 2.45) is 0 Å². The number of fused-ring (bicyclic) bond motifs is 1. The van der Waals surface area contributed by atoms with Gasteiger partial charge in [0, 0.05) is 13.2 Å². The summed E-state index contributed by atoms with van der Waals surface area (Å²) >= 11 is 0. The van der Waals surface area contributed by atoms with Crippen molar-refractivity contribution in [3.63, 3.8) is 0 Å². The highest BCUT2D eigenvalue weighted by Crippen LogP contribution is 2.19. The van der Waals surface area contributed by atoms with Gasteiger partial charge in [0.2, 0.25) is 5.95 Å². The molecule has 0 aliphatic heterocycles. The summed E-state index contributed by atoms with van der Waals surface area (Å²) in [5.74, 6) is 0.602. The van der Waals surface area contributed by atoms with Crippen molar-refractivity contribution in [3.8, 4) is 0 Å². The smallest absolute Gasteiger partial charge is 0.201 e. The van der Waals surface area contributed by atoms with Crippen LogP contribution in [0.4, 0.5) is 5.95 Å². The Hall–Kier alpha value is -1.55. The third-order valence-corrected chi connectivity index (χ3v) is 3.16. The maximum atomic E-state index is 5.99. The standard InChI is InChI=1S/C15H23N3O/c1-11(2)19-9-5-4-8-18-14-10-12(3)6-7-13(14)17-15(18)16/h6-7,10-11H,4-5,8-9H2,1-3H3,(H2,16,17). The molecule has 0 bridgehead atoms. The summed E-state index contributed by atoms with van der Waals surface area (Å²) in [7, 11) is 0. The van der Waals surface area contributed by atoms with Gasteiger partial charge in [-0.15, -0.1) is 0 Å². The number of unbranched alkanes of at least 4 members (excludes halogenated alkanes) is 1. The van der Waals surface area contributed by atoms with Gasteiger partial charge >= 0.3 is 0 Å². The Balaban J connectivity index is 2.00. The number of hydrogen-bond donors (Lipinski definition) is 1. The van der Waals surface area contributed by atoms with E-state index in [1.165, 1.54) is 5.56 Å². The summed E-state index contributed by atoms with van der Waals surface area (Å²) in [6, 6.07) is 6.23. The summed E-state index contributed by atoms with van der Waals surface area (Å²) < 4.78 is 7.64. The second-order valence-electron chi connectivity index (χ2n) is 5.24. The molecule has 104 valence electrons. The normalized spacial score (nSPS) is 11.6. The molecule has 0 fully saturated rings. The largest absolute Gasteiger partial charge is 0.379 e. The monoisotopic (exact) mass is 261 g/mol. The fourth-order valence-corrected chi connectivity index (χ4v) is 2.18. The van der Waals surface area contributed by atoms with E-state index >= 15 is 0 Å². The zero-order valence-corrected chi connectivity index (χ0v) is 12.0. The Bertz CT molecular complexity index is 546. The molecule has 1 heterocycles. The first kappa shape index (κ1) is 13.9. The molecule has 0 atom stereocenters. The van der Waals surface area contributed by atoms with Crippen molar-refractivity contribution in [2.75, 3.05) is 12.3 Å². The van der Waals surface area contributed by atoms with Gasteiger partial charge in [-0.2, -0.15) is 0 Å². The second kappa shape index (κ2) is 6.06. The van der Waals surface area contributed by atoms with Gasteiger partial charge in [-0.25, -0.2) is 4.98 Å². The molecule has 0 amide bonds. The number of nitrogens with two attached hydrogens (primary N) is 1. The first-order valence-electron chi connectivity index (χ1n) is 6.92. The lowest BCUT2D eigenvalue weighted by Crippen LogP contribution is -2.07. The maximum Gasteiger partial charge on any atom is 0.201 e. The van der Waals surface area contributed by atoms with Crippen LogP contribution in [0.15, 0.2) is 18.2 Å². The SMILES string of the molecule is Cc1ccc2nc(N)n(CCCCOC(C)C)c2c1. The average molecular weight is 261 g/mol. The molecule has 0 radical (unpaired) electrons. The van der Waals surface area contributed by atoms with Crippen LogP contribution in [-0.2, 0) is 11.3 Å². The number of rotatable bonds is 6. The van der Waals surface area contributed by atoms with Gasteiger partial charge in [0.05, 0.1) is 17.1 Å². The third kappa shape index (κ3) is 3.47. The van der Waals surface area contributed by atoms with Gasteiger partial charge in [0.25, 0.3) is 0 Å². The highest BCUT2D eigenvalue weighted by Gasteiger charge is 2.07. The number of ether oxygens (including phenoxy) is 1. The van der Waals surface area contributed by atoms with E-state index in [2.05, 4.69) is 42.5 Å². The number of imidazole rings is 1. The molecule has 1 aromatic carbocycles. The summed E-state index contributed by atoms with van der Waals surface area (Å²) in [5.41, 5.74) is 9.32. The van der Waals surface area contributed by atoms with Gasteiger partial charge in [-0.05, 0) is 51.3 Å². The van der Waals surface area contributed by atoms with E-state index < -0.39 is 0 Å². The molecule has 0 aliphatic carbocycles. The molecule has 0 saturated heterocycles. The van der Waals surface area contributed by atoms with Gasteiger partial charge in [-0.3, -0.25) is 0 Å². The lowest BCUT2D eigenvalue weighted by atomic mass is 10.2. The molecule has 0 spiro atoms. The highest BCUT2D eigenvalue weighted by molar-refractivity contribution is 5.79. The summed E-state index contributed by atoms with van der Waals surface area (Å²) in [5, 5.41) is 0. The van der Waals surface area contributed by atoms with Crippen molar-refractivity contribution < 1.29 is 4.74 Å². The lowest BCUT2D eigenvalue weighted by molar-refractivity contribution is 0.0755. The van der Waals surface area contributed by atoms with Crippen LogP contribution in [-0.4, -0.2) is 22.3 Å². The van der Waals surface area contributed by atoms with Crippen LogP contribution in [0, 0.1) is 6.92 Å². The van der Waals surface area contributed by atoms with Crippen LogP contribution in [0.3, 0.4) is 0 Å². The van der Waals surface area contributed by atoms with E-state index in [1.807, 2.05) is 6.07 Å². The predicted octanol–water partition coefficient (Wildman–Crippen LogP) is 3.13. The van der Waals surface area contributed by atoms with E-state index in [9.17, 15) is 0 Å². The zero-order chi connectivity index (χ0) is 13.8. The topological polar surface area (TPSA) is 53.1 Å². The Morgan fingerprint density at radius 2 is 2.11 bits per heavy atom. The Morgan fingerprint density at radius 3 is 2.84 bits per heavy atom. The van der Waals surface area contributed by atoms with Gasteiger partial charge in [0.15, 0.2) is 0 Å². The number of nitrogens with zero attached hydrogens (tertiary/aromatic N) is 2. The fraction of sp³-hybridized carbons (Fsp3) is 0.533. The van der Waals surface area contributed by atoms with Crippen molar-refractivity contribution in [2.45, 2.75) is 46.3 Å². The molecule has 4 heteroatoms. The van der Waals surface area contributed by atoms with Crippen molar-refractivity contribution in [1.29, 1.82) is 0 Å². The van der Waals surface area contributed by atoms with Gasteiger partial charge in [0.1, 0.15) is 0 Å². The second-order valence-corrected chi connectivity index (χ2v) is 5.24. The Labute approximate surface area is 114 Å². The van der Waals surface area contributed by atoms with Crippen LogP contribution < -0.4 is 5.73 Å². The van der Waals surface area contributed by atoms with E-state index in [0.717, 1.165) is 37.0 Å². The van der Waals surface area contributed by atoms with Crippen LogP contribution in [0.2, 0.25) is 0 Å². The number of aryl methyl sites for hydroxylation is 2. The number of hydrogen-bond acceptors (Lipinski definition) is 3. The Morgan fingerprint density at radius 1 is 1.32 bits per heavy atom. The summed E-state index contributed by atoms with van der Waals surface area (Å²) in [4.78, 5) is 4.39. The van der Waals surface area contributed by atoms with Crippen LogP contribution in [0.1, 0.15) is 32.3 Å².